The quantitative estimate of drug-likeness (QED) is 0.832. The molecule has 0 amide bonds. The third-order valence-corrected chi connectivity index (χ3v) is 2.47. The van der Waals surface area contributed by atoms with E-state index in [1.807, 2.05) is 32.0 Å². The fourth-order valence-corrected chi connectivity index (χ4v) is 1.36. The fraction of sp³-hybridized carbons (Fsp3) is 0.364. The number of aliphatic carboxylic acids is 1. The van der Waals surface area contributed by atoms with Gasteiger partial charge in [-0.25, -0.2) is 0 Å². The third-order valence-electron chi connectivity index (χ3n) is 2.47. The van der Waals surface area contributed by atoms with Gasteiger partial charge in [0, 0.05) is 6.54 Å². The van der Waals surface area contributed by atoms with E-state index in [2.05, 4.69) is 0 Å². The minimum absolute atomic E-state index is 0. The summed E-state index contributed by atoms with van der Waals surface area (Å²) < 4.78 is 0. The number of carbonyl (C=O) groups is 1. The average Bonchev–Trinajstić information content (AvgIpc) is 2.11. The number of nitrogens with two attached hydrogens (primary N) is 1. The van der Waals surface area contributed by atoms with Gasteiger partial charge in [0.05, 0.1) is 5.92 Å². The molecular weight excluding hydrogens is 214 g/mol. The van der Waals surface area contributed by atoms with Crippen molar-refractivity contribution in [3.8, 4) is 0 Å². The number of carboxylic acids is 1. The van der Waals surface area contributed by atoms with Gasteiger partial charge in [-0.15, -0.1) is 12.4 Å². The Morgan fingerprint density at radius 1 is 1.40 bits per heavy atom. The molecule has 1 aromatic carbocycles. The zero-order chi connectivity index (χ0) is 10.7. The molecule has 0 radical (unpaired) electrons. The molecule has 0 aliphatic heterocycles. The first-order chi connectivity index (χ1) is 6.56. The second kappa shape index (κ2) is 5.73. The lowest BCUT2D eigenvalue weighted by Crippen LogP contribution is -2.21. The fourth-order valence-electron chi connectivity index (χ4n) is 1.36. The third kappa shape index (κ3) is 3.22. The van der Waals surface area contributed by atoms with Gasteiger partial charge in [0.15, 0.2) is 0 Å². The molecule has 1 aromatic rings. The van der Waals surface area contributed by atoms with Crippen molar-refractivity contribution in [2.45, 2.75) is 19.8 Å². The highest BCUT2D eigenvalue weighted by Crippen LogP contribution is 2.18. The van der Waals surface area contributed by atoms with Gasteiger partial charge in [0.2, 0.25) is 0 Å². The standard InChI is InChI=1S/C11H15NO2.ClH/c1-7-3-4-9(5-8(7)2)10(6-12)11(13)14;/h3-5,10H,6,12H2,1-2H3,(H,13,14);1H. The van der Waals surface area contributed by atoms with Gasteiger partial charge in [0.25, 0.3) is 0 Å². The van der Waals surface area contributed by atoms with Crippen LogP contribution < -0.4 is 5.73 Å². The van der Waals surface area contributed by atoms with E-state index in [-0.39, 0.29) is 19.0 Å². The average molecular weight is 230 g/mol. The summed E-state index contributed by atoms with van der Waals surface area (Å²) in [6.45, 7) is 4.10. The Labute approximate surface area is 95.7 Å². The van der Waals surface area contributed by atoms with E-state index in [1.54, 1.807) is 0 Å². The van der Waals surface area contributed by atoms with Crippen molar-refractivity contribution >= 4 is 18.4 Å². The molecule has 1 atom stereocenters. The maximum absolute atomic E-state index is 10.8. The predicted molar refractivity (Wildman–Crippen MR) is 62.6 cm³/mol. The molecule has 84 valence electrons. The zero-order valence-corrected chi connectivity index (χ0v) is 9.67. The Morgan fingerprint density at radius 3 is 2.40 bits per heavy atom. The second-order valence-electron chi connectivity index (χ2n) is 3.47. The zero-order valence-electron chi connectivity index (χ0n) is 8.86. The minimum atomic E-state index is -0.865. The molecule has 1 unspecified atom stereocenters. The summed E-state index contributed by atoms with van der Waals surface area (Å²) in [6, 6.07) is 5.64. The van der Waals surface area contributed by atoms with E-state index in [9.17, 15) is 4.79 Å². The van der Waals surface area contributed by atoms with Gasteiger partial charge < -0.3 is 10.8 Å². The van der Waals surface area contributed by atoms with E-state index in [4.69, 9.17) is 10.8 Å². The maximum Gasteiger partial charge on any atom is 0.312 e. The highest BCUT2D eigenvalue weighted by atomic mass is 35.5. The first-order valence-electron chi connectivity index (χ1n) is 4.56. The summed E-state index contributed by atoms with van der Waals surface area (Å²) in [5, 5.41) is 8.91. The van der Waals surface area contributed by atoms with Crippen molar-refractivity contribution in [2.75, 3.05) is 6.54 Å². The van der Waals surface area contributed by atoms with E-state index in [0.717, 1.165) is 16.7 Å². The molecule has 0 saturated heterocycles. The predicted octanol–water partition coefficient (Wildman–Crippen LogP) is 1.85. The number of aryl methyl sites for hydroxylation is 2. The smallest absolute Gasteiger partial charge is 0.312 e. The number of rotatable bonds is 3. The van der Waals surface area contributed by atoms with Gasteiger partial charge in [-0.2, -0.15) is 0 Å². The van der Waals surface area contributed by atoms with E-state index in [1.165, 1.54) is 0 Å². The van der Waals surface area contributed by atoms with E-state index in [0.29, 0.717) is 0 Å². The number of carboxylic acid groups (broad SMARTS) is 1. The molecule has 0 heterocycles. The van der Waals surface area contributed by atoms with Crippen LogP contribution in [0.4, 0.5) is 0 Å². The lowest BCUT2D eigenvalue weighted by molar-refractivity contribution is -0.138. The molecule has 0 aliphatic carbocycles. The van der Waals surface area contributed by atoms with Gasteiger partial charge >= 0.3 is 5.97 Å². The second-order valence-corrected chi connectivity index (χ2v) is 3.47. The lowest BCUT2D eigenvalue weighted by atomic mass is 9.96. The monoisotopic (exact) mass is 229 g/mol. The SMILES string of the molecule is Cc1ccc(C(CN)C(=O)O)cc1C.Cl. The van der Waals surface area contributed by atoms with Gasteiger partial charge in [-0.1, -0.05) is 18.2 Å². The largest absolute Gasteiger partial charge is 0.481 e. The molecular formula is C11H16ClNO2. The van der Waals surface area contributed by atoms with Crippen molar-refractivity contribution in [2.24, 2.45) is 5.73 Å². The number of hydrogen-bond acceptors (Lipinski definition) is 2. The van der Waals surface area contributed by atoms with Crippen molar-refractivity contribution in [3.05, 3.63) is 34.9 Å². The highest BCUT2D eigenvalue weighted by Gasteiger charge is 2.17. The van der Waals surface area contributed by atoms with Crippen LogP contribution in [0.5, 0.6) is 0 Å². The topological polar surface area (TPSA) is 63.3 Å². The first-order valence-corrected chi connectivity index (χ1v) is 4.56. The van der Waals surface area contributed by atoms with Gasteiger partial charge in [-0.3, -0.25) is 4.79 Å². The van der Waals surface area contributed by atoms with Crippen molar-refractivity contribution in [1.82, 2.24) is 0 Å². The molecule has 4 heteroatoms. The molecule has 0 aliphatic rings. The molecule has 15 heavy (non-hydrogen) atoms. The van der Waals surface area contributed by atoms with Crippen LogP contribution in [0.1, 0.15) is 22.6 Å². The normalized spacial score (nSPS) is 11.7. The van der Waals surface area contributed by atoms with Gasteiger partial charge in [0.1, 0.15) is 0 Å². The first kappa shape index (κ1) is 13.9. The van der Waals surface area contributed by atoms with Crippen LogP contribution in [0.2, 0.25) is 0 Å². The summed E-state index contributed by atoms with van der Waals surface area (Å²) in [5.74, 6) is -1.45. The van der Waals surface area contributed by atoms with Crippen LogP contribution in [0, 0.1) is 13.8 Å². The van der Waals surface area contributed by atoms with Crippen molar-refractivity contribution in [3.63, 3.8) is 0 Å². The summed E-state index contributed by atoms with van der Waals surface area (Å²) >= 11 is 0. The summed E-state index contributed by atoms with van der Waals surface area (Å²) in [4.78, 5) is 10.8. The van der Waals surface area contributed by atoms with Crippen LogP contribution in [-0.2, 0) is 4.79 Å². The number of benzene rings is 1. The molecule has 3 N–H and O–H groups in total. The molecule has 0 bridgehead atoms. The summed E-state index contributed by atoms with van der Waals surface area (Å²) in [7, 11) is 0. The Hall–Kier alpha value is -1.06. The maximum atomic E-state index is 10.8. The number of hydrogen-bond donors (Lipinski definition) is 2. The number of halogens is 1. The molecule has 0 fully saturated rings. The molecule has 0 saturated carbocycles. The van der Waals surface area contributed by atoms with E-state index >= 15 is 0 Å². The molecule has 0 spiro atoms. The lowest BCUT2D eigenvalue weighted by Gasteiger charge is -2.11. The van der Waals surface area contributed by atoms with Crippen molar-refractivity contribution < 1.29 is 9.90 Å². The van der Waals surface area contributed by atoms with Crippen LogP contribution >= 0.6 is 12.4 Å². The van der Waals surface area contributed by atoms with Crippen LogP contribution in [0.3, 0.4) is 0 Å². The summed E-state index contributed by atoms with van der Waals surface area (Å²) in [6.07, 6.45) is 0. The Balaban J connectivity index is 0.00000196. The molecule has 1 rings (SSSR count). The molecule has 0 aromatic heterocycles. The van der Waals surface area contributed by atoms with Crippen LogP contribution in [0.15, 0.2) is 18.2 Å². The Kier molecular flexibility index (Phi) is 5.33. The highest BCUT2D eigenvalue weighted by molar-refractivity contribution is 5.85. The van der Waals surface area contributed by atoms with Gasteiger partial charge in [-0.05, 0) is 30.5 Å². The Bertz CT molecular complexity index is 352. The Morgan fingerprint density at radius 2 is 2.00 bits per heavy atom. The van der Waals surface area contributed by atoms with Crippen LogP contribution in [-0.4, -0.2) is 17.6 Å². The van der Waals surface area contributed by atoms with Crippen LogP contribution in [0.25, 0.3) is 0 Å². The van der Waals surface area contributed by atoms with E-state index < -0.39 is 11.9 Å². The summed E-state index contributed by atoms with van der Waals surface area (Å²) in [5.41, 5.74) is 8.45. The molecule has 3 nitrogen and oxygen atoms in total. The van der Waals surface area contributed by atoms with Crippen molar-refractivity contribution in [1.29, 1.82) is 0 Å². The minimum Gasteiger partial charge on any atom is -0.481 e.